The fourth-order valence-electron chi connectivity index (χ4n) is 3.19. The highest BCUT2D eigenvalue weighted by Gasteiger charge is 2.31. The van der Waals surface area contributed by atoms with E-state index < -0.39 is 17.1 Å². The molecule has 1 atom stereocenters. The quantitative estimate of drug-likeness (QED) is 0.691. The third-order valence-corrected chi connectivity index (χ3v) is 5.19. The van der Waals surface area contributed by atoms with Crippen LogP contribution in [-0.2, 0) is 17.9 Å². The van der Waals surface area contributed by atoms with Gasteiger partial charge in [-0.3, -0.25) is 23.6 Å². The van der Waals surface area contributed by atoms with Crippen molar-refractivity contribution in [2.45, 2.75) is 32.1 Å². The molecule has 1 aliphatic heterocycles. The predicted octanol–water partition coefficient (Wildman–Crippen LogP) is 2.24. The molecule has 0 bridgehead atoms. The minimum atomic E-state index is -1.64. The first-order valence-electron chi connectivity index (χ1n) is 7.87. The monoisotopic (exact) mass is 425 g/mol. The molecule has 1 amide bonds. The number of allylic oxidation sites excluding steroid dienone is 4. The number of rotatable bonds is 2. The van der Waals surface area contributed by atoms with Crippen molar-refractivity contribution < 1.29 is 13.6 Å². The number of aromatic nitrogens is 4. The van der Waals surface area contributed by atoms with E-state index in [0.717, 1.165) is 6.08 Å². The summed E-state index contributed by atoms with van der Waals surface area (Å²) in [5, 5.41) is 0. The first kappa shape index (κ1) is 17.1. The van der Waals surface area contributed by atoms with Gasteiger partial charge < -0.3 is 0 Å². The number of alkyl halides is 1. The smallest absolute Gasteiger partial charge is 0.283 e. The summed E-state index contributed by atoms with van der Waals surface area (Å²) in [7, 11) is 1.53. The predicted molar refractivity (Wildman–Crippen MR) is 94.3 cm³/mol. The summed E-state index contributed by atoms with van der Waals surface area (Å²) in [6.07, 6.45) is 2.19. The molecule has 3 heterocycles. The van der Waals surface area contributed by atoms with E-state index in [-0.39, 0.29) is 52.8 Å². The van der Waals surface area contributed by atoms with Crippen LogP contribution in [0.5, 0.6) is 0 Å². The van der Waals surface area contributed by atoms with Gasteiger partial charge in [0.05, 0.1) is 6.54 Å². The van der Waals surface area contributed by atoms with Crippen molar-refractivity contribution in [2.24, 2.45) is 0 Å². The van der Waals surface area contributed by atoms with Gasteiger partial charge in [0, 0.05) is 13.5 Å². The Hall–Kier alpha value is -2.36. The molecule has 2 aromatic rings. The van der Waals surface area contributed by atoms with Gasteiger partial charge in [-0.15, -0.1) is 0 Å². The van der Waals surface area contributed by atoms with Gasteiger partial charge in [-0.05, 0) is 40.6 Å². The molecule has 0 aromatic carbocycles. The van der Waals surface area contributed by atoms with Gasteiger partial charge in [0.1, 0.15) is 18.0 Å². The van der Waals surface area contributed by atoms with Gasteiger partial charge in [0.25, 0.3) is 5.56 Å². The van der Waals surface area contributed by atoms with Gasteiger partial charge in [0.15, 0.2) is 15.9 Å². The molecule has 0 radical (unpaired) electrons. The van der Waals surface area contributed by atoms with Crippen LogP contribution in [0.3, 0.4) is 0 Å². The van der Waals surface area contributed by atoms with E-state index in [1.165, 1.54) is 34.1 Å². The van der Waals surface area contributed by atoms with E-state index in [1.807, 2.05) is 0 Å². The summed E-state index contributed by atoms with van der Waals surface area (Å²) in [4.78, 5) is 34.3. The number of carbonyl (C=O) groups is 1. The number of amides is 1. The van der Waals surface area contributed by atoms with Crippen LogP contribution in [0, 0.1) is 0 Å². The summed E-state index contributed by atoms with van der Waals surface area (Å²) in [5.74, 6) is -0.569. The molecule has 0 spiro atoms. The Labute approximate surface area is 154 Å². The number of hydrogen-bond donors (Lipinski definition) is 0. The normalized spacial score (nSPS) is 22.7. The number of likely N-dealkylation sites (N-methyl/N-ethyl adjacent to an activating group) is 1. The Balaban J connectivity index is 1.86. The Kier molecular flexibility index (Phi) is 3.66. The van der Waals surface area contributed by atoms with Crippen molar-refractivity contribution >= 4 is 38.9 Å². The van der Waals surface area contributed by atoms with E-state index in [9.17, 15) is 18.4 Å². The SMILES string of the molecule is CN1C(=O)Cn2c1nc1c(nc(Br)n1CC1=C(F)C=CC(C)(F)C1)c2=O. The van der Waals surface area contributed by atoms with Crippen molar-refractivity contribution in [3.63, 3.8) is 0 Å². The minimum Gasteiger partial charge on any atom is -0.299 e. The molecule has 0 saturated heterocycles. The van der Waals surface area contributed by atoms with E-state index in [0.29, 0.717) is 0 Å². The lowest BCUT2D eigenvalue weighted by Gasteiger charge is -2.22. The molecule has 0 N–H and O–H groups in total. The zero-order valence-corrected chi connectivity index (χ0v) is 15.5. The largest absolute Gasteiger partial charge is 0.299 e. The van der Waals surface area contributed by atoms with Crippen LogP contribution in [0.25, 0.3) is 11.2 Å². The number of halogens is 3. The van der Waals surface area contributed by atoms with Gasteiger partial charge in [-0.1, -0.05) is 0 Å². The maximum atomic E-state index is 14.2. The molecule has 7 nitrogen and oxygen atoms in total. The van der Waals surface area contributed by atoms with Crippen molar-refractivity contribution in [3.8, 4) is 0 Å². The number of nitrogens with zero attached hydrogens (tertiary/aromatic N) is 5. The first-order chi connectivity index (χ1) is 12.2. The van der Waals surface area contributed by atoms with Gasteiger partial charge in [0.2, 0.25) is 11.9 Å². The molecule has 2 aromatic heterocycles. The van der Waals surface area contributed by atoms with Crippen molar-refractivity contribution in [2.75, 3.05) is 11.9 Å². The molecule has 0 fully saturated rings. The van der Waals surface area contributed by atoms with Gasteiger partial charge in [-0.2, -0.15) is 4.98 Å². The second-order valence-electron chi connectivity index (χ2n) is 6.63. The van der Waals surface area contributed by atoms with Crippen LogP contribution in [-0.4, -0.2) is 37.7 Å². The number of anilines is 1. The molecule has 1 unspecified atom stereocenters. The summed E-state index contributed by atoms with van der Waals surface area (Å²) in [6, 6.07) is 0. The lowest BCUT2D eigenvalue weighted by atomic mass is 9.92. The molecular formula is C16H14BrF2N5O2. The highest BCUT2D eigenvalue weighted by atomic mass is 79.9. The number of fused-ring (bicyclic) bond motifs is 2. The Bertz CT molecular complexity index is 1080. The summed E-state index contributed by atoms with van der Waals surface area (Å²) < 4.78 is 31.4. The van der Waals surface area contributed by atoms with E-state index in [1.54, 1.807) is 0 Å². The number of imidazole rings is 1. The number of hydrogen-bond acceptors (Lipinski definition) is 4. The topological polar surface area (TPSA) is 73.0 Å². The van der Waals surface area contributed by atoms with E-state index in [2.05, 4.69) is 25.9 Å². The van der Waals surface area contributed by atoms with Gasteiger partial charge >= 0.3 is 0 Å². The van der Waals surface area contributed by atoms with Crippen molar-refractivity contribution in [1.82, 2.24) is 19.1 Å². The lowest BCUT2D eigenvalue weighted by molar-refractivity contribution is -0.117. The average Bonchev–Trinajstić information content (AvgIpc) is 3.03. The lowest BCUT2D eigenvalue weighted by Crippen LogP contribution is -2.23. The first-order valence-corrected chi connectivity index (χ1v) is 8.66. The highest BCUT2D eigenvalue weighted by Crippen LogP contribution is 2.33. The number of carbonyl (C=O) groups excluding carboxylic acids is 1. The minimum absolute atomic E-state index is 0.0136. The zero-order chi connectivity index (χ0) is 18.8. The van der Waals surface area contributed by atoms with E-state index in [4.69, 9.17) is 0 Å². The Morgan fingerprint density at radius 3 is 2.81 bits per heavy atom. The Morgan fingerprint density at radius 1 is 1.35 bits per heavy atom. The fourth-order valence-corrected chi connectivity index (χ4v) is 3.66. The van der Waals surface area contributed by atoms with Crippen LogP contribution in [0.2, 0.25) is 0 Å². The van der Waals surface area contributed by atoms with E-state index >= 15 is 0 Å². The Morgan fingerprint density at radius 2 is 2.08 bits per heavy atom. The zero-order valence-electron chi connectivity index (χ0n) is 14.0. The second kappa shape index (κ2) is 5.57. The highest BCUT2D eigenvalue weighted by molar-refractivity contribution is 9.10. The van der Waals surface area contributed by atoms with Crippen LogP contribution >= 0.6 is 15.9 Å². The molecule has 136 valence electrons. The molecule has 4 rings (SSSR count). The van der Waals surface area contributed by atoms with Crippen LogP contribution in [0.15, 0.2) is 33.1 Å². The molecule has 2 aliphatic rings. The maximum Gasteiger partial charge on any atom is 0.283 e. The second-order valence-corrected chi connectivity index (χ2v) is 7.34. The fraction of sp³-hybridized carbons (Fsp3) is 0.375. The van der Waals surface area contributed by atoms with Crippen LogP contribution < -0.4 is 10.5 Å². The molecule has 1 aliphatic carbocycles. The molecule has 26 heavy (non-hydrogen) atoms. The summed E-state index contributed by atoms with van der Waals surface area (Å²) in [5.41, 5.74) is -1.57. The van der Waals surface area contributed by atoms with Crippen molar-refractivity contribution in [1.29, 1.82) is 0 Å². The summed E-state index contributed by atoms with van der Waals surface area (Å²) >= 11 is 3.26. The maximum absolute atomic E-state index is 14.2. The molecule has 0 saturated carbocycles. The van der Waals surface area contributed by atoms with Gasteiger partial charge in [-0.25, -0.2) is 13.8 Å². The summed E-state index contributed by atoms with van der Waals surface area (Å²) in [6.45, 7) is 1.26. The standard InChI is InChI=1S/C16H14BrF2N5O2/c1-16(19)4-3-9(18)8(5-16)6-23-12-11(20-14(23)17)13(26)24-7-10(25)22(2)15(24)21-12/h3-4H,5-7H2,1-2H3. The molecular weight excluding hydrogens is 412 g/mol. The van der Waals surface area contributed by atoms with Crippen LogP contribution in [0.4, 0.5) is 14.7 Å². The third kappa shape index (κ3) is 2.51. The van der Waals surface area contributed by atoms with Crippen LogP contribution in [0.1, 0.15) is 13.3 Å². The average molecular weight is 426 g/mol. The van der Waals surface area contributed by atoms with Crippen molar-refractivity contribution in [3.05, 3.63) is 38.6 Å². The third-order valence-electron chi connectivity index (χ3n) is 4.58. The molecule has 10 heteroatoms.